The number of carbonyl (C=O) groups excluding carboxylic acids is 1. The molecule has 0 radical (unpaired) electrons. The van der Waals surface area contributed by atoms with E-state index in [-0.39, 0.29) is 25.5 Å². The third-order valence-corrected chi connectivity index (χ3v) is 12.8. The Bertz CT molecular complexity index is 1360. The smallest absolute Gasteiger partial charge is 0.387 e. The number of carbonyl (C=O) groups is 1. The molecule has 3 N–H and O–H groups in total. The van der Waals surface area contributed by atoms with Crippen LogP contribution in [0.4, 0.5) is 0 Å². The number of likely N-dealkylation sites (N-methyl/N-ethyl adjacent to an activating group) is 1. The van der Waals surface area contributed by atoms with Crippen LogP contribution in [0.3, 0.4) is 0 Å². The zero-order chi connectivity index (χ0) is 49.2. The number of amides is 1. The molecular weight excluding hydrogens is 852 g/mol. The van der Waals surface area contributed by atoms with E-state index in [0.717, 1.165) is 51.4 Å². The molecular formula is C58H106N2O6P+. The summed E-state index contributed by atoms with van der Waals surface area (Å²) in [6.07, 6.45) is 68.8. The normalized spacial score (nSPS) is 14.7. The fourth-order valence-electron chi connectivity index (χ4n) is 7.56. The van der Waals surface area contributed by atoms with E-state index in [0.29, 0.717) is 17.4 Å². The van der Waals surface area contributed by atoms with Gasteiger partial charge in [0, 0.05) is 6.42 Å². The van der Waals surface area contributed by atoms with Crippen molar-refractivity contribution in [1.29, 1.82) is 0 Å². The molecule has 9 heteroatoms. The molecule has 0 spiro atoms. The number of nitrogens with one attached hydrogen (secondary N) is 1. The third-order valence-electron chi connectivity index (χ3n) is 11.8. The fraction of sp³-hybridized carbons (Fsp3) is 0.741. The Hall–Kier alpha value is -2.32. The number of aliphatic hydroxyl groups excluding tert-OH is 1. The first-order valence-corrected chi connectivity index (χ1v) is 29.0. The van der Waals surface area contributed by atoms with Crippen molar-refractivity contribution in [1.82, 2.24) is 5.32 Å². The number of phosphoric acid groups is 1. The summed E-state index contributed by atoms with van der Waals surface area (Å²) in [4.78, 5) is 23.1. The Labute approximate surface area is 414 Å². The van der Waals surface area contributed by atoms with E-state index >= 15 is 0 Å². The maximum atomic E-state index is 12.8. The number of nitrogens with zero attached hydrogens (tertiary/aromatic N) is 1. The van der Waals surface area contributed by atoms with Gasteiger partial charge in [0.1, 0.15) is 13.2 Å². The maximum Gasteiger partial charge on any atom is 0.472 e. The number of rotatable bonds is 49. The van der Waals surface area contributed by atoms with Crippen LogP contribution in [0.15, 0.2) is 85.1 Å². The fourth-order valence-corrected chi connectivity index (χ4v) is 8.29. The van der Waals surface area contributed by atoms with Crippen LogP contribution in [0.25, 0.3) is 0 Å². The summed E-state index contributed by atoms with van der Waals surface area (Å²) in [5.74, 6) is -0.273. The van der Waals surface area contributed by atoms with Gasteiger partial charge in [-0.05, 0) is 70.6 Å². The lowest BCUT2D eigenvalue weighted by Crippen LogP contribution is -2.45. The zero-order valence-electron chi connectivity index (χ0n) is 44.1. The number of phosphoric ester groups is 1. The highest BCUT2D eigenvalue weighted by Crippen LogP contribution is 2.43. The van der Waals surface area contributed by atoms with Crippen molar-refractivity contribution < 1.29 is 32.9 Å². The Balaban J connectivity index is 4.23. The summed E-state index contributed by atoms with van der Waals surface area (Å²) in [5, 5.41) is 13.8. The van der Waals surface area contributed by atoms with E-state index in [4.69, 9.17) is 9.05 Å². The summed E-state index contributed by atoms with van der Waals surface area (Å²) >= 11 is 0. The van der Waals surface area contributed by atoms with Gasteiger partial charge in [-0.15, -0.1) is 0 Å². The van der Waals surface area contributed by atoms with E-state index in [1.54, 1.807) is 6.08 Å². The SMILES string of the molecule is CC/C=C\C/C=C\C/C=C\C/C=C\CCC(=O)NC(COP(=O)(O)OCC[N+](C)(C)C)C(O)/C=C/CC/C=C/CC/C=C/CCCCCCCCCCCCCCCCCCCCCCCC. The van der Waals surface area contributed by atoms with Crippen LogP contribution >= 0.6 is 7.82 Å². The molecule has 0 aliphatic rings. The second kappa shape index (κ2) is 48.7. The first kappa shape index (κ1) is 64.7. The molecule has 3 atom stereocenters. The molecule has 0 heterocycles. The molecule has 0 aromatic rings. The summed E-state index contributed by atoms with van der Waals surface area (Å²) < 4.78 is 23.5. The minimum Gasteiger partial charge on any atom is -0.387 e. The minimum atomic E-state index is -4.38. The lowest BCUT2D eigenvalue weighted by molar-refractivity contribution is -0.870. The first-order valence-electron chi connectivity index (χ1n) is 27.5. The maximum absolute atomic E-state index is 12.8. The number of hydrogen-bond donors (Lipinski definition) is 3. The molecule has 0 aliphatic carbocycles. The first-order chi connectivity index (χ1) is 32.5. The van der Waals surface area contributed by atoms with Crippen molar-refractivity contribution in [2.24, 2.45) is 0 Å². The molecule has 0 bridgehead atoms. The average molecular weight is 958 g/mol. The number of allylic oxidation sites excluding steroid dienone is 13. The van der Waals surface area contributed by atoms with E-state index < -0.39 is 20.0 Å². The van der Waals surface area contributed by atoms with Crippen LogP contribution in [0.5, 0.6) is 0 Å². The number of hydrogen-bond acceptors (Lipinski definition) is 5. The molecule has 0 rings (SSSR count). The number of unbranched alkanes of at least 4 members (excludes halogenated alkanes) is 24. The van der Waals surface area contributed by atoms with Gasteiger partial charge in [-0.25, -0.2) is 4.57 Å². The molecule has 0 aromatic carbocycles. The van der Waals surface area contributed by atoms with Crippen LogP contribution in [-0.4, -0.2) is 73.4 Å². The van der Waals surface area contributed by atoms with Gasteiger partial charge in [0.25, 0.3) is 0 Å². The van der Waals surface area contributed by atoms with Gasteiger partial charge < -0.3 is 19.8 Å². The second-order valence-corrected chi connectivity index (χ2v) is 21.0. The van der Waals surface area contributed by atoms with Crippen molar-refractivity contribution >= 4 is 13.7 Å². The monoisotopic (exact) mass is 958 g/mol. The van der Waals surface area contributed by atoms with Crippen molar-refractivity contribution in [3.8, 4) is 0 Å². The Morgan fingerprint density at radius 2 is 0.910 bits per heavy atom. The molecule has 67 heavy (non-hydrogen) atoms. The van der Waals surface area contributed by atoms with Gasteiger partial charge in [-0.2, -0.15) is 0 Å². The molecule has 388 valence electrons. The van der Waals surface area contributed by atoms with Gasteiger partial charge in [-0.3, -0.25) is 13.8 Å². The molecule has 3 unspecified atom stereocenters. The highest BCUT2D eigenvalue weighted by atomic mass is 31.2. The molecule has 0 aliphatic heterocycles. The largest absolute Gasteiger partial charge is 0.472 e. The number of quaternary nitrogens is 1. The van der Waals surface area contributed by atoms with E-state index in [1.165, 1.54) is 148 Å². The Morgan fingerprint density at radius 1 is 0.522 bits per heavy atom. The average Bonchev–Trinajstić information content (AvgIpc) is 3.29. The lowest BCUT2D eigenvalue weighted by atomic mass is 10.0. The molecule has 1 amide bonds. The quantitative estimate of drug-likeness (QED) is 0.0243. The van der Waals surface area contributed by atoms with E-state index in [9.17, 15) is 19.4 Å². The predicted molar refractivity (Wildman–Crippen MR) is 290 cm³/mol. The van der Waals surface area contributed by atoms with Crippen LogP contribution in [0.1, 0.15) is 226 Å². The van der Waals surface area contributed by atoms with E-state index in [2.05, 4.69) is 79.9 Å². The topological polar surface area (TPSA) is 105 Å². The van der Waals surface area contributed by atoms with Crippen molar-refractivity contribution in [2.45, 2.75) is 238 Å². The predicted octanol–water partition coefficient (Wildman–Crippen LogP) is 16.5. The second-order valence-electron chi connectivity index (χ2n) is 19.6. The Kier molecular flexibility index (Phi) is 47.0. The lowest BCUT2D eigenvalue weighted by Gasteiger charge is -2.25. The van der Waals surface area contributed by atoms with E-state index in [1.807, 2.05) is 39.4 Å². The highest BCUT2D eigenvalue weighted by molar-refractivity contribution is 7.47. The van der Waals surface area contributed by atoms with Gasteiger partial charge in [-0.1, -0.05) is 234 Å². The van der Waals surface area contributed by atoms with Gasteiger partial charge in [0.2, 0.25) is 5.91 Å². The van der Waals surface area contributed by atoms with Crippen molar-refractivity contribution in [3.63, 3.8) is 0 Å². The molecule has 0 saturated heterocycles. The zero-order valence-corrected chi connectivity index (χ0v) is 45.0. The van der Waals surface area contributed by atoms with Crippen LogP contribution in [0, 0.1) is 0 Å². The van der Waals surface area contributed by atoms with Gasteiger partial charge in [0.15, 0.2) is 0 Å². The Morgan fingerprint density at radius 3 is 1.36 bits per heavy atom. The van der Waals surface area contributed by atoms with Crippen LogP contribution in [0.2, 0.25) is 0 Å². The molecule has 0 aromatic heterocycles. The van der Waals surface area contributed by atoms with Gasteiger partial charge in [0.05, 0.1) is 39.9 Å². The molecule has 0 fully saturated rings. The van der Waals surface area contributed by atoms with Crippen molar-refractivity contribution in [2.75, 3.05) is 40.9 Å². The summed E-state index contributed by atoms with van der Waals surface area (Å²) in [5.41, 5.74) is 0. The standard InChI is InChI=1S/C58H105N2O6P/c1-6-8-10-12-14-16-18-20-21-22-23-24-25-26-27-28-29-30-31-32-33-34-35-36-37-38-40-41-43-45-47-49-51-57(61)56(55-66-67(63,64)65-54-53-60(3,4)5)59-58(62)52-50-48-46-44-42-39-19-17-15-13-11-9-7-2/h9,11,15,17,36-37,39,41-43,46,48-49,51,56-57,61H,6-8,10,12-14,16,18-35,38,40,44-45,47,50,52-55H2,1-5H3,(H-,59,62,63,64)/p+1/b11-9-,17-15-,37-36+,42-39-,43-41+,48-46-,51-49+. The van der Waals surface area contributed by atoms with Crippen LogP contribution in [-0.2, 0) is 18.4 Å². The summed E-state index contributed by atoms with van der Waals surface area (Å²) in [6, 6.07) is -0.913. The third kappa shape index (κ3) is 51.4. The van der Waals surface area contributed by atoms with Crippen LogP contribution < -0.4 is 5.32 Å². The summed E-state index contributed by atoms with van der Waals surface area (Å²) in [7, 11) is 1.49. The highest BCUT2D eigenvalue weighted by Gasteiger charge is 2.27. The van der Waals surface area contributed by atoms with Crippen molar-refractivity contribution in [3.05, 3.63) is 85.1 Å². The number of aliphatic hydroxyl groups is 1. The summed E-state index contributed by atoms with van der Waals surface area (Å²) in [6.45, 7) is 4.61. The van der Waals surface area contributed by atoms with Gasteiger partial charge >= 0.3 is 7.82 Å². The molecule has 8 nitrogen and oxygen atoms in total. The minimum absolute atomic E-state index is 0.0368. The molecule has 0 saturated carbocycles.